The Morgan fingerprint density at radius 1 is 1.24 bits per heavy atom. The van der Waals surface area contributed by atoms with E-state index in [2.05, 4.69) is 15.0 Å². The predicted molar refractivity (Wildman–Crippen MR) is 150 cm³/mol. The number of aryl methyl sites for hydroxylation is 1. The van der Waals surface area contributed by atoms with Gasteiger partial charge in [-0.25, -0.2) is 14.5 Å². The lowest BCUT2D eigenvalue weighted by atomic mass is 9.86. The molecule has 2 saturated heterocycles. The normalized spacial score (nSPS) is 25.7. The molecule has 228 valence electrons. The number of methoxy groups -OCH3 is 1. The van der Waals surface area contributed by atoms with Crippen LogP contribution in [0.25, 0.3) is 11.2 Å². The van der Waals surface area contributed by atoms with E-state index in [9.17, 15) is 14.5 Å². The first-order valence-corrected chi connectivity index (χ1v) is 15.7. The number of rotatable bonds is 12. The molecule has 0 bridgehead atoms. The maximum atomic E-state index is 14.1. The van der Waals surface area contributed by atoms with Crippen LogP contribution < -0.4 is 9.26 Å². The highest BCUT2D eigenvalue weighted by molar-refractivity contribution is 7.54. The van der Waals surface area contributed by atoms with Gasteiger partial charge < -0.3 is 28.6 Å². The van der Waals surface area contributed by atoms with E-state index in [1.807, 2.05) is 13.8 Å². The van der Waals surface area contributed by atoms with Gasteiger partial charge in [-0.15, -0.1) is 0 Å². The number of aliphatic hydroxyl groups excluding tert-OH is 1. The van der Waals surface area contributed by atoms with Crippen LogP contribution in [0, 0.1) is 18.8 Å². The molecule has 3 unspecified atom stereocenters. The highest BCUT2D eigenvalue weighted by Crippen LogP contribution is 2.53. The Morgan fingerprint density at radius 2 is 1.98 bits per heavy atom. The van der Waals surface area contributed by atoms with Crippen molar-refractivity contribution in [1.82, 2.24) is 19.5 Å². The van der Waals surface area contributed by atoms with Crippen molar-refractivity contribution in [3.05, 3.63) is 42.5 Å². The number of aliphatic hydroxyl groups is 1. The van der Waals surface area contributed by atoms with Crippen LogP contribution in [0.3, 0.4) is 0 Å². The first-order valence-electron chi connectivity index (χ1n) is 13.9. The number of fused-ring (bicyclic) bond motifs is 1. The molecule has 2 aliphatic heterocycles. The van der Waals surface area contributed by atoms with Crippen molar-refractivity contribution >= 4 is 24.7 Å². The highest BCUT2D eigenvalue weighted by atomic mass is 31.2. The van der Waals surface area contributed by atoms with Crippen LogP contribution in [-0.4, -0.2) is 81.5 Å². The van der Waals surface area contributed by atoms with Crippen molar-refractivity contribution in [3.63, 3.8) is 0 Å². The third-order valence-electron chi connectivity index (χ3n) is 7.27. The molecule has 0 saturated carbocycles. The second kappa shape index (κ2) is 12.3. The van der Waals surface area contributed by atoms with Crippen LogP contribution in [0.1, 0.15) is 39.2 Å². The molecule has 3 aromatic rings. The molecule has 6 atom stereocenters. The van der Waals surface area contributed by atoms with Gasteiger partial charge in [-0.1, -0.05) is 39.0 Å². The number of ether oxygens (including phenoxy) is 4. The molecule has 2 fully saturated rings. The number of esters is 1. The molecule has 14 heteroatoms. The van der Waals surface area contributed by atoms with Crippen LogP contribution in [0.5, 0.6) is 11.6 Å². The summed E-state index contributed by atoms with van der Waals surface area (Å²) in [7, 11) is -2.43. The van der Waals surface area contributed by atoms with Gasteiger partial charge in [0.25, 0.3) is 0 Å². The maximum absolute atomic E-state index is 14.1. The molecule has 13 nitrogen and oxygen atoms in total. The fourth-order valence-electron chi connectivity index (χ4n) is 5.07. The number of benzene rings is 1. The predicted octanol–water partition coefficient (Wildman–Crippen LogP) is 3.68. The van der Waals surface area contributed by atoms with Crippen molar-refractivity contribution in [2.45, 2.75) is 58.2 Å². The zero-order chi connectivity index (χ0) is 30.1. The molecular weight excluding hydrogens is 567 g/mol. The van der Waals surface area contributed by atoms with Crippen molar-refractivity contribution < 1.29 is 42.5 Å². The summed E-state index contributed by atoms with van der Waals surface area (Å²) in [5.41, 5.74) is -0.194. The van der Waals surface area contributed by atoms with Crippen LogP contribution in [0.2, 0.25) is 0 Å². The average Bonchev–Trinajstić information content (AvgIpc) is 3.48. The Labute approximate surface area is 244 Å². The molecule has 2 aromatic heterocycles. The third kappa shape index (κ3) is 6.02. The SMILES string of the molecule is COc1nc(C)nc2c1ncn2C1OC(COP(=O)(C[C@@H](C)C(=O)OCC(C)C)Oc2ccccc2)[C@@H](O)[C@]12CCO2. The Balaban J connectivity index is 1.37. The monoisotopic (exact) mass is 604 g/mol. The molecule has 1 spiro atoms. The standard InChI is InChI=1S/C28H37N4O9P/c1-17(2)13-37-26(34)18(3)15-42(35,41-20-9-7-6-8-10-20)39-14-21-23(33)28(11-12-38-28)27(40-21)32-16-29-22-24(32)30-19(4)31-25(22)36-5/h6-10,16-18,21,23,27,33H,11-15H2,1-5H3/t18-,21?,23-,27?,28-,42?/m1/s1. The molecule has 5 rings (SSSR count). The van der Waals surface area contributed by atoms with Crippen LogP contribution in [-0.2, 0) is 28.1 Å². The number of hydrogen-bond donors (Lipinski definition) is 1. The Hall–Kier alpha value is -3.09. The number of carbonyl (C=O) groups is 1. The summed E-state index contributed by atoms with van der Waals surface area (Å²) in [4.78, 5) is 25.8. The minimum atomic E-state index is -3.94. The van der Waals surface area contributed by atoms with Crippen LogP contribution >= 0.6 is 7.60 Å². The molecule has 1 N–H and O–H groups in total. The van der Waals surface area contributed by atoms with Crippen LogP contribution in [0.15, 0.2) is 36.7 Å². The van der Waals surface area contributed by atoms with Gasteiger partial charge in [-0.3, -0.25) is 13.9 Å². The van der Waals surface area contributed by atoms with E-state index >= 15 is 0 Å². The topological polar surface area (TPSA) is 153 Å². The summed E-state index contributed by atoms with van der Waals surface area (Å²) in [5.74, 6) is 0.00670. The van der Waals surface area contributed by atoms with Gasteiger partial charge in [-0.2, -0.15) is 4.98 Å². The van der Waals surface area contributed by atoms with Gasteiger partial charge in [0, 0.05) is 6.42 Å². The molecule has 4 heterocycles. The molecule has 42 heavy (non-hydrogen) atoms. The quantitative estimate of drug-likeness (QED) is 0.237. The van der Waals surface area contributed by atoms with E-state index in [-0.39, 0.29) is 25.3 Å². The summed E-state index contributed by atoms with van der Waals surface area (Å²) in [6, 6.07) is 8.57. The number of imidazole rings is 1. The summed E-state index contributed by atoms with van der Waals surface area (Å²) < 4.78 is 50.5. The maximum Gasteiger partial charge on any atom is 0.380 e. The summed E-state index contributed by atoms with van der Waals surface area (Å²) in [6.07, 6.45) is -1.05. The number of aromatic nitrogens is 4. The van der Waals surface area contributed by atoms with Crippen LogP contribution in [0.4, 0.5) is 0 Å². The third-order valence-corrected chi connectivity index (χ3v) is 9.29. The number of nitrogens with zero attached hydrogens (tertiary/aromatic N) is 4. The van der Waals surface area contributed by atoms with Gasteiger partial charge in [-0.05, 0) is 25.0 Å². The largest absolute Gasteiger partial charge is 0.479 e. The first-order chi connectivity index (χ1) is 20.0. The summed E-state index contributed by atoms with van der Waals surface area (Å²) >= 11 is 0. The van der Waals surface area contributed by atoms with Crippen molar-refractivity contribution in [3.8, 4) is 11.6 Å². The van der Waals surface area contributed by atoms with E-state index in [0.717, 1.165) is 0 Å². The first kappa shape index (κ1) is 30.4. The van der Waals surface area contributed by atoms with Crippen molar-refractivity contribution in [2.75, 3.05) is 33.1 Å². The van der Waals surface area contributed by atoms with Gasteiger partial charge in [0.15, 0.2) is 17.4 Å². The van der Waals surface area contributed by atoms with Crippen molar-refractivity contribution in [2.24, 2.45) is 11.8 Å². The van der Waals surface area contributed by atoms with Crippen molar-refractivity contribution in [1.29, 1.82) is 0 Å². The fraction of sp³-hybridized carbons (Fsp3) is 0.571. The Bertz CT molecular complexity index is 1450. The zero-order valence-electron chi connectivity index (χ0n) is 24.3. The second-order valence-electron chi connectivity index (χ2n) is 11.0. The van der Waals surface area contributed by atoms with E-state index in [0.29, 0.717) is 41.6 Å². The molecule has 1 aromatic carbocycles. The molecule has 2 aliphatic rings. The molecule has 0 aliphatic carbocycles. The van der Waals surface area contributed by atoms with E-state index in [1.54, 1.807) is 55.1 Å². The summed E-state index contributed by atoms with van der Waals surface area (Å²) in [6.45, 7) is 7.60. The van der Waals surface area contributed by atoms with Gasteiger partial charge in [0.1, 0.15) is 29.4 Å². The minimum Gasteiger partial charge on any atom is -0.479 e. The average molecular weight is 605 g/mol. The number of hydrogen-bond acceptors (Lipinski definition) is 12. The number of carbonyl (C=O) groups excluding carboxylic acids is 1. The molecular formula is C28H37N4O9P. The van der Waals surface area contributed by atoms with E-state index < -0.39 is 43.5 Å². The molecule has 0 radical (unpaired) electrons. The van der Waals surface area contributed by atoms with Gasteiger partial charge >= 0.3 is 13.6 Å². The lowest BCUT2D eigenvalue weighted by molar-refractivity contribution is -0.225. The van der Waals surface area contributed by atoms with Gasteiger partial charge in [0.05, 0.1) is 45.3 Å². The minimum absolute atomic E-state index is 0.156. The molecule has 0 amide bonds. The lowest BCUT2D eigenvalue weighted by Crippen LogP contribution is -2.56. The lowest BCUT2D eigenvalue weighted by Gasteiger charge is -2.44. The van der Waals surface area contributed by atoms with Gasteiger partial charge in [0.2, 0.25) is 5.88 Å². The van der Waals surface area contributed by atoms with E-state index in [4.69, 9.17) is 28.0 Å². The summed E-state index contributed by atoms with van der Waals surface area (Å²) in [5, 5.41) is 11.4. The number of para-hydroxylation sites is 1. The Morgan fingerprint density at radius 3 is 2.62 bits per heavy atom. The highest BCUT2D eigenvalue weighted by Gasteiger charge is 2.62. The smallest absolute Gasteiger partial charge is 0.380 e. The Kier molecular flexibility index (Phi) is 8.86. The van der Waals surface area contributed by atoms with E-state index in [1.165, 1.54) is 7.11 Å². The zero-order valence-corrected chi connectivity index (χ0v) is 25.2. The second-order valence-corrected chi connectivity index (χ2v) is 13.1. The fourth-order valence-corrected chi connectivity index (χ4v) is 6.94.